The Morgan fingerprint density at radius 3 is 2.83 bits per heavy atom. The molecule has 0 aliphatic heterocycles. The number of quaternary nitrogens is 1. The number of nitrogens with two attached hydrogens (primary N) is 1. The van der Waals surface area contributed by atoms with Crippen LogP contribution in [0.15, 0.2) is 30.6 Å². The van der Waals surface area contributed by atoms with Crippen molar-refractivity contribution in [2.24, 2.45) is 5.92 Å². The fraction of sp³-hybridized carbons (Fsp3) is 0.333. The molecule has 1 aromatic carbocycles. The van der Waals surface area contributed by atoms with Gasteiger partial charge in [0.2, 0.25) is 5.82 Å². The molecule has 4 nitrogen and oxygen atoms in total. The van der Waals surface area contributed by atoms with Crippen LogP contribution in [0.4, 0.5) is 11.5 Å². The molecule has 2 heterocycles. The van der Waals surface area contributed by atoms with Gasteiger partial charge < -0.3 is 4.74 Å². The molecule has 1 atom stereocenters. The molecular weight excluding hydrogens is 306 g/mol. The van der Waals surface area contributed by atoms with Crippen molar-refractivity contribution in [2.75, 3.05) is 7.11 Å². The SMILES string of the molecule is COc1ccc([NH2+]c2ncnc3sc4c(c23)CCC(C)C4)cc1. The summed E-state index contributed by atoms with van der Waals surface area (Å²) in [6.45, 7) is 2.34. The lowest BCUT2D eigenvalue weighted by atomic mass is 9.89. The van der Waals surface area contributed by atoms with Crippen LogP contribution in [0.25, 0.3) is 10.2 Å². The number of hydrogen-bond acceptors (Lipinski definition) is 4. The first-order chi connectivity index (χ1) is 11.2. The Labute approximate surface area is 139 Å². The highest BCUT2D eigenvalue weighted by atomic mass is 32.1. The number of aromatic nitrogens is 2. The second-order valence-corrected chi connectivity index (χ2v) is 7.29. The van der Waals surface area contributed by atoms with Gasteiger partial charge in [0.1, 0.15) is 22.6 Å². The highest BCUT2D eigenvalue weighted by Crippen LogP contribution is 2.38. The van der Waals surface area contributed by atoms with Gasteiger partial charge in [-0.3, -0.25) is 5.32 Å². The van der Waals surface area contributed by atoms with E-state index in [1.165, 1.54) is 28.7 Å². The largest absolute Gasteiger partial charge is 0.497 e. The van der Waals surface area contributed by atoms with E-state index in [0.717, 1.165) is 34.4 Å². The first-order valence-electron chi connectivity index (χ1n) is 7.98. The highest BCUT2D eigenvalue weighted by molar-refractivity contribution is 7.18. The number of benzene rings is 1. The van der Waals surface area contributed by atoms with Crippen LogP contribution in [0.5, 0.6) is 5.75 Å². The summed E-state index contributed by atoms with van der Waals surface area (Å²) >= 11 is 1.84. The predicted octanol–water partition coefficient (Wildman–Crippen LogP) is 3.35. The third kappa shape index (κ3) is 2.71. The van der Waals surface area contributed by atoms with Gasteiger partial charge in [0.25, 0.3) is 0 Å². The van der Waals surface area contributed by atoms with E-state index in [-0.39, 0.29) is 0 Å². The average Bonchev–Trinajstić information content (AvgIpc) is 2.94. The van der Waals surface area contributed by atoms with Crippen molar-refractivity contribution < 1.29 is 10.1 Å². The molecule has 1 aliphatic rings. The van der Waals surface area contributed by atoms with Gasteiger partial charge in [0.05, 0.1) is 12.5 Å². The van der Waals surface area contributed by atoms with Crippen molar-refractivity contribution in [3.05, 3.63) is 41.0 Å². The first-order valence-corrected chi connectivity index (χ1v) is 8.80. The van der Waals surface area contributed by atoms with Crippen LogP contribution < -0.4 is 10.1 Å². The molecule has 4 rings (SSSR count). The van der Waals surface area contributed by atoms with Gasteiger partial charge in [-0.25, -0.2) is 4.98 Å². The van der Waals surface area contributed by atoms with Crippen molar-refractivity contribution in [3.8, 4) is 5.75 Å². The molecule has 2 N–H and O–H groups in total. The second-order valence-electron chi connectivity index (χ2n) is 6.21. The minimum atomic E-state index is 0.775. The normalized spacial score (nSPS) is 17.2. The van der Waals surface area contributed by atoms with Crippen molar-refractivity contribution in [1.29, 1.82) is 0 Å². The van der Waals surface area contributed by atoms with Gasteiger partial charge in [-0.15, -0.1) is 11.3 Å². The number of ether oxygens (including phenoxy) is 1. The molecule has 0 bridgehead atoms. The van der Waals surface area contributed by atoms with Crippen LogP contribution in [0, 0.1) is 5.92 Å². The number of nitrogens with zero attached hydrogens (tertiary/aromatic N) is 2. The summed E-state index contributed by atoms with van der Waals surface area (Å²) in [7, 11) is 1.69. The van der Waals surface area contributed by atoms with Gasteiger partial charge in [-0.2, -0.15) is 4.98 Å². The van der Waals surface area contributed by atoms with Crippen molar-refractivity contribution in [1.82, 2.24) is 9.97 Å². The fourth-order valence-corrected chi connectivity index (χ4v) is 4.63. The van der Waals surface area contributed by atoms with E-state index in [9.17, 15) is 0 Å². The molecule has 0 spiro atoms. The van der Waals surface area contributed by atoms with Crippen molar-refractivity contribution in [3.63, 3.8) is 0 Å². The fourth-order valence-electron chi connectivity index (χ4n) is 3.27. The van der Waals surface area contributed by atoms with Crippen LogP contribution in [0.3, 0.4) is 0 Å². The monoisotopic (exact) mass is 326 g/mol. The number of hydrogen-bond donors (Lipinski definition) is 1. The van der Waals surface area contributed by atoms with Crippen LogP contribution in [0.1, 0.15) is 23.8 Å². The summed E-state index contributed by atoms with van der Waals surface area (Å²) < 4.78 is 5.22. The third-order valence-corrected chi connectivity index (χ3v) is 5.70. The third-order valence-electron chi connectivity index (χ3n) is 4.54. The summed E-state index contributed by atoms with van der Waals surface area (Å²) in [5.74, 6) is 2.68. The van der Waals surface area contributed by atoms with E-state index < -0.39 is 0 Å². The summed E-state index contributed by atoms with van der Waals surface area (Å²) in [5.41, 5.74) is 2.61. The maximum Gasteiger partial charge on any atom is 0.241 e. The Bertz CT molecular complexity index is 841. The molecule has 0 fully saturated rings. The molecule has 5 heteroatoms. The summed E-state index contributed by atoms with van der Waals surface area (Å²) in [6, 6.07) is 8.09. The minimum absolute atomic E-state index is 0.775. The summed E-state index contributed by atoms with van der Waals surface area (Å²) in [5, 5.41) is 3.41. The van der Waals surface area contributed by atoms with Crippen molar-refractivity contribution in [2.45, 2.75) is 26.2 Å². The van der Waals surface area contributed by atoms with Gasteiger partial charge >= 0.3 is 0 Å². The zero-order valence-corrected chi connectivity index (χ0v) is 14.2. The Balaban J connectivity index is 1.74. The van der Waals surface area contributed by atoms with Gasteiger partial charge in [-0.1, -0.05) is 6.92 Å². The molecule has 23 heavy (non-hydrogen) atoms. The molecule has 0 saturated heterocycles. The maximum absolute atomic E-state index is 5.22. The zero-order valence-electron chi connectivity index (χ0n) is 13.4. The quantitative estimate of drug-likeness (QED) is 0.751. The van der Waals surface area contributed by atoms with Crippen LogP contribution in [0.2, 0.25) is 0 Å². The summed E-state index contributed by atoms with van der Waals surface area (Å²) in [4.78, 5) is 11.7. The van der Waals surface area contributed by atoms with E-state index in [0.29, 0.717) is 0 Å². The highest BCUT2D eigenvalue weighted by Gasteiger charge is 2.24. The zero-order chi connectivity index (χ0) is 15.8. The van der Waals surface area contributed by atoms with Crippen LogP contribution in [-0.2, 0) is 12.8 Å². The lowest BCUT2D eigenvalue weighted by Gasteiger charge is -2.17. The van der Waals surface area contributed by atoms with E-state index in [4.69, 9.17) is 4.74 Å². The number of rotatable bonds is 3. The molecule has 0 saturated carbocycles. The molecular formula is C18H20N3OS+. The van der Waals surface area contributed by atoms with Gasteiger partial charge in [0.15, 0.2) is 0 Å². The number of aryl methyl sites for hydroxylation is 1. The Morgan fingerprint density at radius 2 is 2.04 bits per heavy atom. The maximum atomic E-state index is 5.22. The van der Waals surface area contributed by atoms with E-state index in [2.05, 4.69) is 34.3 Å². The summed E-state index contributed by atoms with van der Waals surface area (Å²) in [6.07, 6.45) is 5.27. The van der Waals surface area contributed by atoms with Gasteiger partial charge in [-0.05, 0) is 42.9 Å². The molecule has 1 aliphatic carbocycles. The second kappa shape index (κ2) is 5.91. The van der Waals surface area contributed by atoms with Gasteiger partial charge in [0, 0.05) is 17.0 Å². The average molecular weight is 326 g/mol. The predicted molar refractivity (Wildman–Crippen MR) is 92.8 cm³/mol. The molecule has 118 valence electrons. The molecule has 0 radical (unpaired) electrons. The molecule has 2 aromatic heterocycles. The standard InChI is InChI=1S/C18H19N3OS/c1-11-3-8-14-15(9-11)23-18-16(14)17(19-10-20-18)21-12-4-6-13(22-2)7-5-12/h4-7,10-11H,3,8-9H2,1-2H3,(H,19,20,21)/p+1. The number of methoxy groups -OCH3 is 1. The van der Waals surface area contributed by atoms with E-state index in [1.807, 2.05) is 23.5 Å². The first kappa shape index (κ1) is 14.6. The van der Waals surface area contributed by atoms with Crippen molar-refractivity contribution >= 4 is 33.1 Å². The minimum Gasteiger partial charge on any atom is -0.497 e. The Kier molecular flexibility index (Phi) is 3.75. The van der Waals surface area contributed by atoms with E-state index in [1.54, 1.807) is 13.4 Å². The lowest BCUT2D eigenvalue weighted by Crippen LogP contribution is -2.71. The lowest BCUT2D eigenvalue weighted by molar-refractivity contribution is -0.481. The smallest absolute Gasteiger partial charge is 0.241 e. The Morgan fingerprint density at radius 1 is 1.22 bits per heavy atom. The number of fused-ring (bicyclic) bond motifs is 3. The molecule has 0 amide bonds. The Hall–Kier alpha value is -1.98. The van der Waals surface area contributed by atoms with E-state index >= 15 is 0 Å². The van der Waals surface area contributed by atoms with Crippen LogP contribution >= 0.6 is 11.3 Å². The topological polar surface area (TPSA) is 51.6 Å². The molecule has 1 unspecified atom stereocenters. The number of thiophene rings is 1. The molecule has 3 aromatic rings. The van der Waals surface area contributed by atoms with Crippen LogP contribution in [-0.4, -0.2) is 17.1 Å².